The molecule has 1 saturated heterocycles. The maximum Gasteiger partial charge on any atom is 0.225 e. The van der Waals surface area contributed by atoms with Crippen LogP contribution < -0.4 is 10.6 Å². The van der Waals surface area contributed by atoms with Gasteiger partial charge in [-0.05, 0) is 37.3 Å². The Hall–Kier alpha value is -0.870. The van der Waals surface area contributed by atoms with Crippen molar-refractivity contribution in [3.63, 3.8) is 0 Å². The number of carbonyl (C=O) groups is 1. The van der Waals surface area contributed by atoms with E-state index < -0.39 is 0 Å². The molecule has 2 N–H and O–H groups in total. The molecule has 2 heterocycles. The van der Waals surface area contributed by atoms with Crippen LogP contribution in [0.3, 0.4) is 0 Å². The van der Waals surface area contributed by atoms with Crippen molar-refractivity contribution in [3.8, 4) is 0 Å². The first-order valence-corrected chi connectivity index (χ1v) is 7.10. The zero-order chi connectivity index (χ0) is 12.3. The van der Waals surface area contributed by atoms with Gasteiger partial charge in [0.2, 0.25) is 5.91 Å². The van der Waals surface area contributed by atoms with E-state index in [0.29, 0.717) is 18.4 Å². The van der Waals surface area contributed by atoms with Gasteiger partial charge in [0.15, 0.2) is 0 Å². The first-order valence-electron chi connectivity index (χ1n) is 6.22. The number of nitrogens with one attached hydrogen (secondary N) is 2. The Balaban J connectivity index is 1.88. The van der Waals surface area contributed by atoms with Crippen molar-refractivity contribution in [3.05, 3.63) is 22.4 Å². The van der Waals surface area contributed by atoms with Gasteiger partial charge in [-0.3, -0.25) is 4.79 Å². The molecule has 0 aliphatic carbocycles. The molecular formula is C13H20N2OS. The second-order valence-electron chi connectivity index (χ2n) is 4.86. The molecule has 3 atom stereocenters. The van der Waals surface area contributed by atoms with Gasteiger partial charge < -0.3 is 10.6 Å². The van der Waals surface area contributed by atoms with E-state index in [1.165, 1.54) is 0 Å². The molecule has 0 bridgehead atoms. The molecule has 1 aliphatic heterocycles. The van der Waals surface area contributed by atoms with Crippen LogP contribution in [0.25, 0.3) is 0 Å². The molecule has 0 saturated carbocycles. The molecule has 17 heavy (non-hydrogen) atoms. The van der Waals surface area contributed by atoms with Gasteiger partial charge in [0.1, 0.15) is 0 Å². The van der Waals surface area contributed by atoms with E-state index in [4.69, 9.17) is 0 Å². The Morgan fingerprint density at radius 3 is 3.06 bits per heavy atom. The van der Waals surface area contributed by atoms with Crippen LogP contribution >= 0.6 is 11.3 Å². The van der Waals surface area contributed by atoms with E-state index in [0.717, 1.165) is 17.8 Å². The lowest BCUT2D eigenvalue weighted by molar-refractivity contribution is -0.121. The molecule has 1 aromatic heterocycles. The molecule has 3 unspecified atom stereocenters. The van der Waals surface area contributed by atoms with Crippen LogP contribution in [0.15, 0.2) is 17.5 Å². The second-order valence-corrected chi connectivity index (χ2v) is 5.89. The van der Waals surface area contributed by atoms with Crippen LogP contribution in [0.1, 0.15) is 25.1 Å². The zero-order valence-corrected chi connectivity index (χ0v) is 11.2. The predicted octanol–water partition coefficient (Wildman–Crippen LogP) is 1.79. The lowest BCUT2D eigenvalue weighted by Gasteiger charge is -2.36. The van der Waals surface area contributed by atoms with Crippen LogP contribution in [0.4, 0.5) is 0 Å². The second kappa shape index (κ2) is 5.65. The third-order valence-corrected chi connectivity index (χ3v) is 4.34. The lowest BCUT2D eigenvalue weighted by atomic mass is 9.89. The summed E-state index contributed by atoms with van der Waals surface area (Å²) in [5.74, 6) is 0.693. The van der Waals surface area contributed by atoms with Crippen LogP contribution in [0, 0.1) is 5.92 Å². The summed E-state index contributed by atoms with van der Waals surface area (Å²) in [5.41, 5.74) is 0. The normalized spacial score (nSPS) is 28.9. The number of rotatable bonds is 3. The number of amides is 1. The molecule has 0 spiro atoms. The van der Waals surface area contributed by atoms with Gasteiger partial charge in [-0.15, -0.1) is 11.3 Å². The Kier molecular flexibility index (Phi) is 4.18. The summed E-state index contributed by atoms with van der Waals surface area (Å²) in [7, 11) is 0. The number of piperidine rings is 1. The summed E-state index contributed by atoms with van der Waals surface area (Å²) in [6.07, 6.45) is 1.64. The average Bonchev–Trinajstić information content (AvgIpc) is 2.76. The Bertz CT molecular complexity index is 354. The lowest BCUT2D eigenvalue weighted by Crippen LogP contribution is -2.56. The van der Waals surface area contributed by atoms with E-state index in [2.05, 4.69) is 24.5 Å². The third kappa shape index (κ3) is 3.30. The van der Waals surface area contributed by atoms with E-state index in [-0.39, 0.29) is 11.9 Å². The predicted molar refractivity (Wildman–Crippen MR) is 71.2 cm³/mol. The topological polar surface area (TPSA) is 41.1 Å². The van der Waals surface area contributed by atoms with Gasteiger partial charge in [-0.25, -0.2) is 0 Å². The fourth-order valence-corrected chi connectivity index (χ4v) is 3.12. The summed E-state index contributed by atoms with van der Waals surface area (Å²) in [5, 5.41) is 8.59. The summed E-state index contributed by atoms with van der Waals surface area (Å²) in [4.78, 5) is 13.1. The maximum absolute atomic E-state index is 11.9. The average molecular weight is 252 g/mol. The van der Waals surface area contributed by atoms with E-state index >= 15 is 0 Å². The number of carbonyl (C=O) groups excluding carboxylic acids is 1. The highest BCUT2D eigenvalue weighted by Gasteiger charge is 2.28. The van der Waals surface area contributed by atoms with E-state index in [1.807, 2.05) is 17.5 Å². The van der Waals surface area contributed by atoms with Gasteiger partial charge in [0.05, 0.1) is 6.42 Å². The Labute approximate surface area is 107 Å². The smallest absolute Gasteiger partial charge is 0.225 e. The fraction of sp³-hybridized carbons (Fsp3) is 0.615. The van der Waals surface area contributed by atoms with E-state index in [9.17, 15) is 4.79 Å². The molecule has 2 rings (SSSR count). The van der Waals surface area contributed by atoms with Crippen molar-refractivity contribution in [1.29, 1.82) is 0 Å². The van der Waals surface area contributed by atoms with Crippen molar-refractivity contribution in [1.82, 2.24) is 10.6 Å². The van der Waals surface area contributed by atoms with Crippen molar-refractivity contribution in [2.75, 3.05) is 6.54 Å². The van der Waals surface area contributed by atoms with Crippen LogP contribution in [0.2, 0.25) is 0 Å². The summed E-state index contributed by atoms with van der Waals surface area (Å²) in [6.45, 7) is 5.42. The summed E-state index contributed by atoms with van der Waals surface area (Å²) < 4.78 is 0. The minimum absolute atomic E-state index is 0.139. The molecule has 1 aromatic rings. The van der Waals surface area contributed by atoms with Gasteiger partial charge in [-0.2, -0.15) is 0 Å². The molecule has 94 valence electrons. The maximum atomic E-state index is 11.9. The highest BCUT2D eigenvalue weighted by Crippen LogP contribution is 2.16. The van der Waals surface area contributed by atoms with Gasteiger partial charge in [0.25, 0.3) is 0 Å². The molecule has 0 radical (unpaired) electrons. The van der Waals surface area contributed by atoms with Crippen LogP contribution in [-0.4, -0.2) is 24.5 Å². The quantitative estimate of drug-likeness (QED) is 0.861. The van der Waals surface area contributed by atoms with Crippen molar-refractivity contribution in [2.24, 2.45) is 5.92 Å². The van der Waals surface area contributed by atoms with Crippen LogP contribution in [-0.2, 0) is 11.2 Å². The largest absolute Gasteiger partial charge is 0.351 e. The van der Waals surface area contributed by atoms with Crippen LogP contribution in [0.5, 0.6) is 0 Å². The van der Waals surface area contributed by atoms with Gasteiger partial charge in [0, 0.05) is 17.0 Å². The highest BCUT2D eigenvalue weighted by atomic mass is 32.1. The highest BCUT2D eigenvalue weighted by molar-refractivity contribution is 7.10. The van der Waals surface area contributed by atoms with Crippen molar-refractivity contribution in [2.45, 2.75) is 38.8 Å². The summed E-state index contributed by atoms with van der Waals surface area (Å²) in [6, 6.07) is 4.62. The fourth-order valence-electron chi connectivity index (χ4n) is 2.41. The van der Waals surface area contributed by atoms with E-state index in [1.54, 1.807) is 11.3 Å². The van der Waals surface area contributed by atoms with Crippen molar-refractivity contribution < 1.29 is 4.79 Å². The molecule has 1 aliphatic rings. The molecular weight excluding hydrogens is 232 g/mol. The Morgan fingerprint density at radius 1 is 1.59 bits per heavy atom. The van der Waals surface area contributed by atoms with Gasteiger partial charge >= 0.3 is 0 Å². The minimum Gasteiger partial charge on any atom is -0.351 e. The molecule has 4 heteroatoms. The third-order valence-electron chi connectivity index (χ3n) is 3.46. The first-order chi connectivity index (χ1) is 8.16. The number of hydrogen-bond acceptors (Lipinski definition) is 3. The molecule has 1 fully saturated rings. The molecule has 3 nitrogen and oxygen atoms in total. The molecule has 1 amide bonds. The first kappa shape index (κ1) is 12.6. The van der Waals surface area contributed by atoms with Crippen molar-refractivity contribution >= 4 is 17.2 Å². The molecule has 0 aromatic carbocycles. The SMILES string of the molecule is CC1CCNC(C)C1NC(=O)Cc1cccs1. The standard InChI is InChI=1S/C13H20N2OS/c1-9-5-6-14-10(2)13(9)15-12(16)8-11-4-3-7-17-11/h3-4,7,9-10,13-14H,5-6,8H2,1-2H3,(H,15,16). The zero-order valence-electron chi connectivity index (χ0n) is 10.4. The Morgan fingerprint density at radius 2 is 2.41 bits per heavy atom. The van der Waals surface area contributed by atoms with Gasteiger partial charge in [-0.1, -0.05) is 13.0 Å². The monoisotopic (exact) mass is 252 g/mol. The number of hydrogen-bond donors (Lipinski definition) is 2. The number of thiophene rings is 1. The minimum atomic E-state index is 0.139. The summed E-state index contributed by atoms with van der Waals surface area (Å²) >= 11 is 1.64.